The molecule has 6 heteroatoms. The number of rotatable bonds is 3. The Morgan fingerprint density at radius 3 is 2.81 bits per heavy atom. The molecule has 2 heterocycles. The number of amides is 1. The third-order valence-corrected chi connectivity index (χ3v) is 4.81. The molecule has 0 radical (unpaired) electrons. The SMILES string of the molecule is N#Cc1cccc(NC(=O)C(=O)c2c3n(c4ccccc24)CCNCC3)c1. The summed E-state index contributed by atoms with van der Waals surface area (Å²) in [6.45, 7) is 2.35. The molecule has 0 atom stereocenters. The van der Waals surface area contributed by atoms with Crippen LogP contribution in [0.15, 0.2) is 48.5 Å². The largest absolute Gasteiger partial charge is 0.343 e. The minimum Gasteiger partial charge on any atom is -0.343 e. The number of anilines is 1. The Morgan fingerprint density at radius 1 is 1.11 bits per heavy atom. The lowest BCUT2D eigenvalue weighted by Crippen LogP contribution is -2.24. The van der Waals surface area contributed by atoms with Crippen molar-refractivity contribution < 1.29 is 9.59 Å². The maximum absolute atomic E-state index is 13.1. The summed E-state index contributed by atoms with van der Waals surface area (Å²) in [5.41, 5.74) is 3.20. The predicted octanol–water partition coefficient (Wildman–Crippen LogP) is 2.48. The zero-order chi connectivity index (χ0) is 18.8. The van der Waals surface area contributed by atoms with E-state index in [0.29, 0.717) is 23.2 Å². The van der Waals surface area contributed by atoms with Crippen molar-refractivity contribution in [2.75, 3.05) is 18.4 Å². The van der Waals surface area contributed by atoms with Gasteiger partial charge >= 0.3 is 0 Å². The minimum absolute atomic E-state index is 0.425. The van der Waals surface area contributed by atoms with Crippen LogP contribution in [0.3, 0.4) is 0 Å². The van der Waals surface area contributed by atoms with Gasteiger partial charge in [0.1, 0.15) is 0 Å². The molecule has 0 aliphatic carbocycles. The second-order valence-corrected chi connectivity index (χ2v) is 6.47. The summed E-state index contributed by atoms with van der Waals surface area (Å²) >= 11 is 0. The van der Waals surface area contributed by atoms with Crippen molar-refractivity contribution in [2.45, 2.75) is 13.0 Å². The summed E-state index contributed by atoms with van der Waals surface area (Å²) < 4.78 is 2.13. The number of benzene rings is 2. The number of Topliss-reactive ketones (excluding diaryl/α,β-unsaturated/α-hetero) is 1. The molecule has 1 amide bonds. The summed E-state index contributed by atoms with van der Waals surface area (Å²) in [7, 11) is 0. The number of nitrogens with one attached hydrogen (secondary N) is 2. The van der Waals surface area contributed by atoms with Gasteiger partial charge in [0.15, 0.2) is 0 Å². The lowest BCUT2D eigenvalue weighted by molar-refractivity contribution is -0.112. The van der Waals surface area contributed by atoms with E-state index in [1.165, 1.54) is 0 Å². The first-order valence-corrected chi connectivity index (χ1v) is 8.85. The number of carbonyl (C=O) groups is 2. The molecule has 134 valence electrons. The predicted molar refractivity (Wildman–Crippen MR) is 103 cm³/mol. The van der Waals surface area contributed by atoms with Gasteiger partial charge in [0, 0.05) is 48.3 Å². The normalized spacial score (nSPS) is 13.4. The Bertz CT molecular complexity index is 1090. The van der Waals surface area contributed by atoms with Crippen molar-refractivity contribution in [1.82, 2.24) is 9.88 Å². The molecule has 1 aromatic heterocycles. The van der Waals surface area contributed by atoms with E-state index in [4.69, 9.17) is 5.26 Å². The van der Waals surface area contributed by atoms with Crippen molar-refractivity contribution in [3.05, 3.63) is 65.4 Å². The third-order valence-electron chi connectivity index (χ3n) is 4.81. The number of nitrogens with zero attached hydrogens (tertiary/aromatic N) is 2. The second kappa shape index (κ2) is 7.06. The first-order valence-electron chi connectivity index (χ1n) is 8.85. The van der Waals surface area contributed by atoms with E-state index < -0.39 is 11.7 Å². The number of hydrogen-bond donors (Lipinski definition) is 2. The van der Waals surface area contributed by atoms with Gasteiger partial charge < -0.3 is 15.2 Å². The number of nitriles is 1. The van der Waals surface area contributed by atoms with Crippen LogP contribution in [0.2, 0.25) is 0 Å². The van der Waals surface area contributed by atoms with Crippen LogP contribution in [-0.4, -0.2) is 29.3 Å². The monoisotopic (exact) mass is 358 g/mol. The quantitative estimate of drug-likeness (QED) is 0.556. The Morgan fingerprint density at radius 2 is 1.96 bits per heavy atom. The molecule has 3 aromatic rings. The molecule has 1 aliphatic heterocycles. The highest BCUT2D eigenvalue weighted by molar-refractivity contribution is 6.48. The average Bonchev–Trinajstić information content (AvgIpc) is 2.83. The van der Waals surface area contributed by atoms with Gasteiger partial charge in [-0.1, -0.05) is 24.3 Å². The number of para-hydroxylation sites is 1. The van der Waals surface area contributed by atoms with Crippen LogP contribution in [0.4, 0.5) is 5.69 Å². The summed E-state index contributed by atoms with van der Waals surface area (Å²) in [6.07, 6.45) is 0.687. The molecular weight excluding hydrogens is 340 g/mol. The molecule has 0 saturated heterocycles. The molecule has 0 bridgehead atoms. The number of hydrogen-bond acceptors (Lipinski definition) is 4. The third kappa shape index (κ3) is 3.09. The highest BCUT2D eigenvalue weighted by Crippen LogP contribution is 2.28. The van der Waals surface area contributed by atoms with E-state index in [0.717, 1.165) is 36.2 Å². The van der Waals surface area contributed by atoms with Gasteiger partial charge in [-0.05, 0) is 24.3 Å². The van der Waals surface area contributed by atoms with Crippen LogP contribution in [0.25, 0.3) is 10.9 Å². The van der Waals surface area contributed by atoms with E-state index in [1.807, 2.05) is 30.3 Å². The summed E-state index contributed by atoms with van der Waals surface area (Å²) in [4.78, 5) is 25.7. The zero-order valence-electron chi connectivity index (χ0n) is 14.7. The van der Waals surface area contributed by atoms with Crippen LogP contribution >= 0.6 is 0 Å². The van der Waals surface area contributed by atoms with E-state index in [1.54, 1.807) is 24.3 Å². The molecule has 2 aromatic carbocycles. The molecule has 0 spiro atoms. The first-order chi connectivity index (χ1) is 13.2. The maximum Gasteiger partial charge on any atom is 0.296 e. The molecule has 0 unspecified atom stereocenters. The smallest absolute Gasteiger partial charge is 0.296 e. The molecule has 2 N–H and O–H groups in total. The fourth-order valence-corrected chi connectivity index (χ4v) is 3.62. The van der Waals surface area contributed by atoms with Gasteiger partial charge in [-0.2, -0.15) is 5.26 Å². The Hall–Kier alpha value is -3.43. The molecule has 27 heavy (non-hydrogen) atoms. The summed E-state index contributed by atoms with van der Waals surface area (Å²) in [5.74, 6) is -1.24. The van der Waals surface area contributed by atoms with E-state index >= 15 is 0 Å². The van der Waals surface area contributed by atoms with Crippen LogP contribution in [0.5, 0.6) is 0 Å². The van der Waals surface area contributed by atoms with Crippen LogP contribution in [0, 0.1) is 11.3 Å². The van der Waals surface area contributed by atoms with Crippen molar-refractivity contribution in [2.24, 2.45) is 0 Å². The van der Waals surface area contributed by atoms with Gasteiger partial charge in [-0.25, -0.2) is 0 Å². The molecule has 4 rings (SSSR count). The summed E-state index contributed by atoms with van der Waals surface area (Å²) in [5, 5.41) is 15.8. The first kappa shape index (κ1) is 17.0. The molecule has 0 saturated carbocycles. The number of carbonyl (C=O) groups excluding carboxylic acids is 2. The van der Waals surface area contributed by atoms with Gasteiger partial charge in [0.25, 0.3) is 11.7 Å². The minimum atomic E-state index is -0.693. The van der Waals surface area contributed by atoms with Crippen LogP contribution in [-0.2, 0) is 17.8 Å². The summed E-state index contributed by atoms with van der Waals surface area (Å²) in [6, 6.07) is 16.2. The number of ketones is 1. The fraction of sp³-hybridized carbons (Fsp3) is 0.190. The fourth-order valence-electron chi connectivity index (χ4n) is 3.62. The van der Waals surface area contributed by atoms with E-state index in [2.05, 4.69) is 15.2 Å². The number of fused-ring (bicyclic) bond motifs is 3. The van der Waals surface area contributed by atoms with E-state index in [-0.39, 0.29) is 0 Å². The van der Waals surface area contributed by atoms with Crippen molar-refractivity contribution >= 4 is 28.3 Å². The molecule has 0 fully saturated rings. The number of aromatic nitrogens is 1. The molecular formula is C21H18N4O2. The Kier molecular flexibility index (Phi) is 4.45. The van der Waals surface area contributed by atoms with Crippen LogP contribution < -0.4 is 10.6 Å². The van der Waals surface area contributed by atoms with Crippen LogP contribution in [0.1, 0.15) is 21.6 Å². The lowest BCUT2D eigenvalue weighted by atomic mass is 10.0. The molecule has 6 nitrogen and oxygen atoms in total. The Balaban J connectivity index is 1.73. The Labute approximate surface area is 156 Å². The average molecular weight is 358 g/mol. The van der Waals surface area contributed by atoms with Crippen molar-refractivity contribution in [1.29, 1.82) is 5.26 Å². The van der Waals surface area contributed by atoms with E-state index in [9.17, 15) is 9.59 Å². The van der Waals surface area contributed by atoms with Gasteiger partial charge in [-0.3, -0.25) is 9.59 Å². The van der Waals surface area contributed by atoms with Crippen molar-refractivity contribution in [3.8, 4) is 6.07 Å². The molecule has 1 aliphatic rings. The second-order valence-electron chi connectivity index (χ2n) is 6.47. The maximum atomic E-state index is 13.1. The van der Waals surface area contributed by atoms with Gasteiger partial charge in [0.2, 0.25) is 0 Å². The van der Waals surface area contributed by atoms with Gasteiger partial charge in [-0.15, -0.1) is 0 Å². The topological polar surface area (TPSA) is 86.9 Å². The van der Waals surface area contributed by atoms with Crippen molar-refractivity contribution in [3.63, 3.8) is 0 Å². The van der Waals surface area contributed by atoms with Gasteiger partial charge in [0.05, 0.1) is 17.2 Å². The zero-order valence-corrected chi connectivity index (χ0v) is 14.7. The highest BCUT2D eigenvalue weighted by Gasteiger charge is 2.27. The standard InChI is InChI=1S/C21H18N4O2/c22-13-14-4-3-5-15(12-14)24-21(27)20(26)19-16-6-1-2-7-17(16)25-11-10-23-9-8-18(19)25/h1-7,12,23H,8-11H2,(H,24,27). The lowest BCUT2D eigenvalue weighted by Gasteiger charge is -2.08. The highest BCUT2D eigenvalue weighted by atomic mass is 16.2.